The predicted octanol–water partition coefficient (Wildman–Crippen LogP) is 1.92. The molecule has 0 saturated carbocycles. The molecular formula is C21H46BrNO3. The van der Waals surface area contributed by atoms with E-state index < -0.39 is 0 Å². The molecule has 0 bridgehead atoms. The van der Waals surface area contributed by atoms with Gasteiger partial charge >= 0.3 is 0 Å². The number of halogens is 1. The molecule has 0 saturated heterocycles. The molecule has 26 heavy (non-hydrogen) atoms. The van der Waals surface area contributed by atoms with Crippen LogP contribution in [0.25, 0.3) is 0 Å². The number of hydrogen-bond acceptors (Lipinski definition) is 3. The summed E-state index contributed by atoms with van der Waals surface area (Å²) in [5.74, 6) is 0. The number of hydrogen-bond donors (Lipinski definition) is 3. The highest BCUT2D eigenvalue weighted by atomic mass is 79.9. The molecule has 3 N–H and O–H groups in total. The van der Waals surface area contributed by atoms with E-state index in [-0.39, 0.29) is 41.7 Å². The predicted molar refractivity (Wildman–Crippen MR) is 106 cm³/mol. The highest BCUT2D eigenvalue weighted by Gasteiger charge is 2.23. The van der Waals surface area contributed by atoms with Crippen molar-refractivity contribution in [3.05, 3.63) is 0 Å². The zero-order valence-corrected chi connectivity index (χ0v) is 18.9. The maximum Gasteiger partial charge on any atom is 0.183 e. The molecule has 0 rings (SSSR count). The van der Waals surface area contributed by atoms with Crippen LogP contribution in [0.3, 0.4) is 0 Å². The van der Waals surface area contributed by atoms with E-state index in [0.29, 0.717) is 6.54 Å². The number of aliphatic hydroxyl groups excluding tert-OH is 3. The van der Waals surface area contributed by atoms with E-state index in [1.54, 1.807) is 0 Å². The Kier molecular flexibility index (Phi) is 23.7. The van der Waals surface area contributed by atoms with E-state index >= 15 is 0 Å². The molecule has 0 amide bonds. The summed E-state index contributed by atoms with van der Waals surface area (Å²) in [6.45, 7) is 2.36. The SMILES string of the molecule is CCCCCCCCCCCCCCCCCC[N+](CO)(CO)CO.[Br-]. The van der Waals surface area contributed by atoms with Crippen molar-refractivity contribution < 1.29 is 36.8 Å². The minimum atomic E-state index is -0.189. The molecule has 0 aliphatic heterocycles. The normalized spacial score (nSPS) is 11.5. The molecular weight excluding hydrogens is 394 g/mol. The topological polar surface area (TPSA) is 60.7 Å². The lowest BCUT2D eigenvalue weighted by Gasteiger charge is -2.31. The van der Waals surface area contributed by atoms with Crippen molar-refractivity contribution in [1.82, 2.24) is 0 Å². The highest BCUT2D eigenvalue weighted by molar-refractivity contribution is 4.50. The Bertz CT molecular complexity index is 255. The third-order valence-electron chi connectivity index (χ3n) is 5.39. The molecule has 0 aliphatic carbocycles. The fourth-order valence-corrected chi connectivity index (χ4v) is 3.34. The molecule has 0 unspecified atom stereocenters. The maximum absolute atomic E-state index is 9.25. The average molecular weight is 441 g/mol. The van der Waals surface area contributed by atoms with Crippen molar-refractivity contribution in [1.29, 1.82) is 0 Å². The summed E-state index contributed by atoms with van der Waals surface area (Å²) in [4.78, 5) is 0. The number of nitrogens with zero attached hydrogens (tertiary/aromatic N) is 1. The molecule has 0 radical (unpaired) electrons. The van der Waals surface area contributed by atoms with Gasteiger partial charge in [0.05, 0.1) is 6.54 Å². The van der Waals surface area contributed by atoms with Gasteiger partial charge in [0.15, 0.2) is 20.2 Å². The summed E-state index contributed by atoms with van der Waals surface area (Å²) in [5.41, 5.74) is 0. The van der Waals surface area contributed by atoms with E-state index in [1.165, 1.54) is 89.9 Å². The van der Waals surface area contributed by atoms with Crippen molar-refractivity contribution in [2.24, 2.45) is 0 Å². The van der Waals surface area contributed by atoms with Crippen LogP contribution in [0.1, 0.15) is 110 Å². The molecule has 0 fully saturated rings. The van der Waals surface area contributed by atoms with E-state index in [1.807, 2.05) is 0 Å². The summed E-state index contributed by atoms with van der Waals surface area (Å²) in [6, 6.07) is 0. The number of unbranched alkanes of at least 4 members (excludes halogenated alkanes) is 15. The second-order valence-corrected chi connectivity index (χ2v) is 7.79. The van der Waals surface area contributed by atoms with Crippen LogP contribution in [-0.2, 0) is 0 Å². The van der Waals surface area contributed by atoms with Crippen LogP contribution in [0.4, 0.5) is 0 Å². The van der Waals surface area contributed by atoms with E-state index in [9.17, 15) is 15.3 Å². The molecule has 0 heterocycles. The van der Waals surface area contributed by atoms with Crippen LogP contribution in [0.15, 0.2) is 0 Å². The molecule has 4 nitrogen and oxygen atoms in total. The summed E-state index contributed by atoms with van der Waals surface area (Å²) < 4.78 is -0.00139. The summed E-state index contributed by atoms with van der Waals surface area (Å²) >= 11 is 0. The van der Waals surface area contributed by atoms with Crippen molar-refractivity contribution in [3.63, 3.8) is 0 Å². The summed E-state index contributed by atoms with van der Waals surface area (Å²) in [7, 11) is 0. The molecule has 5 heteroatoms. The van der Waals surface area contributed by atoms with E-state index in [4.69, 9.17) is 0 Å². The zero-order chi connectivity index (χ0) is 18.6. The standard InChI is InChI=1S/C21H46NO3.BrH/c1-2-3-4-5-6-7-8-9-10-11-12-13-14-15-16-17-18-22(19-23,20-24)21-25;/h23-25H,2-21H2,1H3;1H/q+1;/p-1. The molecule has 0 aliphatic rings. The molecule has 160 valence electrons. The smallest absolute Gasteiger partial charge is 0.183 e. The van der Waals surface area contributed by atoms with Gasteiger partial charge in [-0.15, -0.1) is 0 Å². The second kappa shape index (κ2) is 21.6. The Labute approximate surface area is 173 Å². The number of quaternary nitrogens is 1. The Balaban J connectivity index is 0. The van der Waals surface area contributed by atoms with Gasteiger partial charge in [-0.25, -0.2) is 0 Å². The third-order valence-corrected chi connectivity index (χ3v) is 5.39. The minimum absolute atomic E-state index is 0. The number of rotatable bonds is 20. The zero-order valence-electron chi connectivity index (χ0n) is 17.3. The molecule has 0 aromatic heterocycles. The van der Waals surface area contributed by atoms with Crippen LogP contribution < -0.4 is 17.0 Å². The monoisotopic (exact) mass is 439 g/mol. The van der Waals surface area contributed by atoms with Crippen LogP contribution in [0.5, 0.6) is 0 Å². The maximum atomic E-state index is 9.25. The van der Waals surface area contributed by atoms with Crippen molar-refractivity contribution in [3.8, 4) is 0 Å². The molecule has 0 aromatic rings. The van der Waals surface area contributed by atoms with Crippen LogP contribution in [-0.4, -0.2) is 46.5 Å². The van der Waals surface area contributed by atoms with Gasteiger partial charge in [-0.2, -0.15) is 0 Å². The average Bonchev–Trinajstić information content (AvgIpc) is 2.65. The largest absolute Gasteiger partial charge is 1.00 e. The molecule has 0 spiro atoms. The fourth-order valence-electron chi connectivity index (χ4n) is 3.34. The first-order chi connectivity index (χ1) is 12.2. The quantitative estimate of drug-likeness (QED) is 0.154. The molecule has 0 aromatic carbocycles. The van der Waals surface area contributed by atoms with Gasteiger partial charge < -0.3 is 32.3 Å². The van der Waals surface area contributed by atoms with E-state index in [0.717, 1.165) is 12.8 Å². The van der Waals surface area contributed by atoms with Crippen LogP contribution in [0.2, 0.25) is 0 Å². The van der Waals surface area contributed by atoms with Gasteiger partial charge in [-0.1, -0.05) is 96.8 Å². The van der Waals surface area contributed by atoms with Gasteiger partial charge in [-0.05, 0) is 12.8 Å². The van der Waals surface area contributed by atoms with E-state index in [2.05, 4.69) is 6.92 Å². The third kappa shape index (κ3) is 16.5. The summed E-state index contributed by atoms with van der Waals surface area (Å²) in [6.07, 6.45) is 21.4. The van der Waals surface area contributed by atoms with Gasteiger partial charge in [0.2, 0.25) is 0 Å². The Morgan fingerprint density at radius 1 is 0.462 bits per heavy atom. The van der Waals surface area contributed by atoms with Crippen molar-refractivity contribution >= 4 is 0 Å². The van der Waals surface area contributed by atoms with Gasteiger partial charge in [0.1, 0.15) is 0 Å². The van der Waals surface area contributed by atoms with Crippen LogP contribution in [0, 0.1) is 0 Å². The lowest BCUT2D eigenvalue weighted by molar-refractivity contribution is -0.976. The summed E-state index contributed by atoms with van der Waals surface area (Å²) in [5, 5.41) is 27.8. The Hall–Kier alpha value is 0.320. The minimum Gasteiger partial charge on any atom is -1.00 e. The van der Waals surface area contributed by atoms with Crippen molar-refractivity contribution in [2.45, 2.75) is 110 Å². The second-order valence-electron chi connectivity index (χ2n) is 7.79. The fraction of sp³-hybridized carbons (Fsp3) is 1.00. The van der Waals surface area contributed by atoms with Gasteiger partial charge in [-0.3, -0.25) is 4.48 Å². The number of aliphatic hydroxyl groups is 3. The van der Waals surface area contributed by atoms with Crippen LogP contribution >= 0.6 is 0 Å². The first-order valence-electron chi connectivity index (χ1n) is 10.9. The lowest BCUT2D eigenvalue weighted by atomic mass is 10.0. The van der Waals surface area contributed by atoms with Crippen molar-refractivity contribution in [2.75, 3.05) is 26.7 Å². The Morgan fingerprint density at radius 2 is 0.731 bits per heavy atom. The van der Waals surface area contributed by atoms with Gasteiger partial charge in [0, 0.05) is 0 Å². The Morgan fingerprint density at radius 3 is 1.00 bits per heavy atom. The highest BCUT2D eigenvalue weighted by Crippen LogP contribution is 2.14. The first kappa shape index (κ1) is 28.5. The first-order valence-corrected chi connectivity index (χ1v) is 10.9. The van der Waals surface area contributed by atoms with Gasteiger partial charge in [0.25, 0.3) is 0 Å². The lowest BCUT2D eigenvalue weighted by Crippen LogP contribution is -3.00. The molecule has 0 atom stereocenters.